The van der Waals surface area contributed by atoms with Crippen molar-refractivity contribution in [1.82, 2.24) is 9.62 Å². The van der Waals surface area contributed by atoms with E-state index in [4.69, 9.17) is 16.3 Å². The first-order valence-corrected chi connectivity index (χ1v) is 10.7. The van der Waals surface area contributed by atoms with Crippen molar-refractivity contribution in [3.8, 4) is 0 Å². The van der Waals surface area contributed by atoms with Gasteiger partial charge in [0, 0.05) is 24.7 Å². The maximum absolute atomic E-state index is 12.7. The van der Waals surface area contributed by atoms with E-state index in [0.29, 0.717) is 30.2 Å². The number of carbonyl (C=O) groups excluding carboxylic acids is 1. The third-order valence-corrected chi connectivity index (χ3v) is 6.10. The summed E-state index contributed by atoms with van der Waals surface area (Å²) in [4.78, 5) is 11.8. The SMILES string of the molecule is CC(C)(C)OC(=O)NCC1CCCN(S(=O)(=O)Cc2cccc(Cl)c2)C1. The third kappa shape index (κ3) is 6.78. The highest BCUT2D eigenvalue weighted by atomic mass is 35.5. The van der Waals surface area contributed by atoms with E-state index in [9.17, 15) is 13.2 Å². The predicted octanol–water partition coefficient (Wildman–Crippen LogP) is 3.41. The van der Waals surface area contributed by atoms with Crippen molar-refractivity contribution in [2.24, 2.45) is 5.92 Å². The Hall–Kier alpha value is -1.31. The maximum atomic E-state index is 12.7. The van der Waals surface area contributed by atoms with Crippen molar-refractivity contribution in [2.45, 2.75) is 45.0 Å². The standard InChI is InChI=1S/C18H27ClN2O4S/c1-18(2,3)25-17(22)20-11-15-7-5-9-21(12-15)26(23,24)13-14-6-4-8-16(19)10-14/h4,6,8,10,15H,5,7,9,11-13H2,1-3H3,(H,20,22). The molecule has 6 nitrogen and oxygen atoms in total. The lowest BCUT2D eigenvalue weighted by atomic mass is 10.00. The molecule has 0 spiro atoms. The summed E-state index contributed by atoms with van der Waals surface area (Å²) in [6.07, 6.45) is 1.17. The van der Waals surface area contributed by atoms with E-state index in [2.05, 4.69) is 5.32 Å². The van der Waals surface area contributed by atoms with Gasteiger partial charge in [0.05, 0.1) is 5.75 Å². The third-order valence-electron chi connectivity index (χ3n) is 4.05. The van der Waals surface area contributed by atoms with Gasteiger partial charge in [-0.25, -0.2) is 17.5 Å². The van der Waals surface area contributed by atoms with Crippen LogP contribution in [0.5, 0.6) is 0 Å². The molecule has 1 aliphatic rings. The van der Waals surface area contributed by atoms with E-state index >= 15 is 0 Å². The molecule has 2 rings (SSSR count). The van der Waals surface area contributed by atoms with Crippen molar-refractivity contribution in [2.75, 3.05) is 19.6 Å². The minimum absolute atomic E-state index is 0.0697. The van der Waals surface area contributed by atoms with Crippen LogP contribution in [0.2, 0.25) is 5.02 Å². The van der Waals surface area contributed by atoms with Crippen LogP contribution in [0.25, 0.3) is 0 Å². The van der Waals surface area contributed by atoms with Crippen molar-refractivity contribution >= 4 is 27.7 Å². The minimum Gasteiger partial charge on any atom is -0.444 e. The number of ether oxygens (including phenoxy) is 1. The van der Waals surface area contributed by atoms with Gasteiger partial charge in [0.15, 0.2) is 0 Å². The molecular weight excluding hydrogens is 376 g/mol. The summed E-state index contributed by atoms with van der Waals surface area (Å²) in [5.41, 5.74) is 0.120. The molecule has 1 unspecified atom stereocenters. The molecular formula is C18H27ClN2O4S. The molecule has 0 radical (unpaired) electrons. The molecule has 1 aromatic rings. The number of piperidine rings is 1. The van der Waals surface area contributed by atoms with Crippen molar-refractivity contribution < 1.29 is 17.9 Å². The summed E-state index contributed by atoms with van der Waals surface area (Å²) in [7, 11) is -3.42. The number of hydrogen-bond donors (Lipinski definition) is 1. The van der Waals surface area contributed by atoms with Crippen LogP contribution in [0.1, 0.15) is 39.2 Å². The molecule has 0 aliphatic carbocycles. The number of sulfonamides is 1. The Morgan fingerprint density at radius 1 is 1.38 bits per heavy atom. The summed E-state index contributed by atoms with van der Waals surface area (Å²) >= 11 is 5.94. The molecule has 1 heterocycles. The minimum atomic E-state index is -3.42. The molecule has 1 fully saturated rings. The van der Waals surface area contributed by atoms with Gasteiger partial charge in [-0.2, -0.15) is 0 Å². The summed E-state index contributed by atoms with van der Waals surface area (Å²) in [6.45, 7) is 6.72. The van der Waals surface area contributed by atoms with Crippen LogP contribution in [0, 0.1) is 5.92 Å². The molecule has 0 bridgehead atoms. The number of carbonyl (C=O) groups is 1. The number of amides is 1. The van der Waals surface area contributed by atoms with Gasteiger partial charge in [0.1, 0.15) is 5.60 Å². The maximum Gasteiger partial charge on any atom is 0.407 e. The molecule has 1 atom stereocenters. The lowest BCUT2D eigenvalue weighted by Gasteiger charge is -2.32. The van der Waals surface area contributed by atoms with Crippen LogP contribution in [0.4, 0.5) is 4.79 Å². The highest BCUT2D eigenvalue weighted by Gasteiger charge is 2.29. The Morgan fingerprint density at radius 2 is 2.12 bits per heavy atom. The van der Waals surface area contributed by atoms with Crippen molar-refractivity contribution in [1.29, 1.82) is 0 Å². The number of halogens is 1. The lowest BCUT2D eigenvalue weighted by Crippen LogP contribution is -2.44. The van der Waals surface area contributed by atoms with Crippen LogP contribution >= 0.6 is 11.6 Å². The van der Waals surface area contributed by atoms with Gasteiger partial charge in [-0.1, -0.05) is 23.7 Å². The fraction of sp³-hybridized carbons (Fsp3) is 0.611. The van der Waals surface area contributed by atoms with Gasteiger partial charge in [0.25, 0.3) is 0 Å². The van der Waals surface area contributed by atoms with Crippen LogP contribution in [-0.2, 0) is 20.5 Å². The van der Waals surface area contributed by atoms with Gasteiger partial charge < -0.3 is 10.1 Å². The first kappa shape index (κ1) is 21.0. The number of alkyl carbamates (subject to hydrolysis) is 1. The van der Waals surface area contributed by atoms with Gasteiger partial charge in [-0.3, -0.25) is 0 Å². The monoisotopic (exact) mass is 402 g/mol. The normalized spacial score (nSPS) is 19.2. The Balaban J connectivity index is 1.91. The van der Waals surface area contributed by atoms with Gasteiger partial charge in [-0.05, 0) is 57.2 Å². The number of nitrogens with zero attached hydrogens (tertiary/aromatic N) is 1. The molecule has 0 aromatic heterocycles. The molecule has 26 heavy (non-hydrogen) atoms. The first-order chi connectivity index (χ1) is 12.0. The first-order valence-electron chi connectivity index (χ1n) is 8.74. The lowest BCUT2D eigenvalue weighted by molar-refractivity contribution is 0.0513. The van der Waals surface area contributed by atoms with E-state index in [1.165, 1.54) is 4.31 Å². The fourth-order valence-corrected chi connectivity index (χ4v) is 4.76. The number of benzene rings is 1. The number of rotatable bonds is 5. The molecule has 1 aromatic carbocycles. The van der Waals surface area contributed by atoms with Crippen LogP contribution in [-0.4, -0.2) is 44.1 Å². The Morgan fingerprint density at radius 3 is 2.77 bits per heavy atom. The van der Waals surface area contributed by atoms with Gasteiger partial charge in [-0.15, -0.1) is 0 Å². The van der Waals surface area contributed by atoms with Crippen molar-refractivity contribution in [3.05, 3.63) is 34.9 Å². The molecule has 1 aliphatic heterocycles. The topological polar surface area (TPSA) is 75.7 Å². The predicted molar refractivity (Wildman–Crippen MR) is 103 cm³/mol. The average molecular weight is 403 g/mol. The van der Waals surface area contributed by atoms with E-state index in [-0.39, 0.29) is 11.7 Å². The summed E-state index contributed by atoms with van der Waals surface area (Å²) in [6, 6.07) is 6.90. The Kier molecular flexibility index (Phi) is 6.93. The molecule has 1 N–H and O–H groups in total. The van der Waals surface area contributed by atoms with Gasteiger partial charge >= 0.3 is 6.09 Å². The fourth-order valence-electron chi connectivity index (χ4n) is 2.92. The largest absolute Gasteiger partial charge is 0.444 e. The van der Waals surface area contributed by atoms with Crippen LogP contribution < -0.4 is 5.32 Å². The molecule has 0 saturated carbocycles. The summed E-state index contributed by atoms with van der Waals surface area (Å²) in [5.74, 6) is 0.00478. The zero-order valence-corrected chi connectivity index (χ0v) is 17.1. The van der Waals surface area contributed by atoms with E-state index < -0.39 is 21.7 Å². The summed E-state index contributed by atoms with van der Waals surface area (Å²) < 4.78 is 32.1. The second kappa shape index (κ2) is 8.59. The number of nitrogens with one attached hydrogen (secondary N) is 1. The highest BCUT2D eigenvalue weighted by molar-refractivity contribution is 7.88. The second-order valence-corrected chi connectivity index (χ2v) is 10.0. The van der Waals surface area contributed by atoms with Gasteiger partial charge in [0.2, 0.25) is 10.0 Å². The quantitative estimate of drug-likeness (QED) is 0.818. The molecule has 1 saturated heterocycles. The molecule has 1 amide bonds. The second-order valence-electron chi connectivity index (χ2n) is 7.64. The average Bonchev–Trinajstić information content (AvgIpc) is 2.51. The summed E-state index contributed by atoms with van der Waals surface area (Å²) in [5, 5.41) is 3.26. The Bertz CT molecular complexity index is 731. The van der Waals surface area contributed by atoms with Crippen molar-refractivity contribution in [3.63, 3.8) is 0 Å². The Labute approximate surface area is 160 Å². The van der Waals surface area contributed by atoms with Crippen LogP contribution in [0.3, 0.4) is 0 Å². The van der Waals surface area contributed by atoms with E-state index in [1.807, 2.05) is 0 Å². The smallest absolute Gasteiger partial charge is 0.407 e. The number of hydrogen-bond acceptors (Lipinski definition) is 4. The van der Waals surface area contributed by atoms with E-state index in [0.717, 1.165) is 12.8 Å². The van der Waals surface area contributed by atoms with E-state index in [1.54, 1.807) is 45.0 Å². The highest BCUT2D eigenvalue weighted by Crippen LogP contribution is 2.22. The molecule has 146 valence electrons. The zero-order chi connectivity index (χ0) is 19.4. The zero-order valence-electron chi connectivity index (χ0n) is 15.5. The molecule has 8 heteroatoms. The van der Waals surface area contributed by atoms with Crippen LogP contribution in [0.15, 0.2) is 24.3 Å².